The molecule has 0 spiro atoms. The Morgan fingerprint density at radius 1 is 1.14 bits per heavy atom. The van der Waals surface area contributed by atoms with E-state index in [0.717, 1.165) is 11.1 Å². The summed E-state index contributed by atoms with van der Waals surface area (Å²) in [6, 6.07) is 7.70. The lowest BCUT2D eigenvalue weighted by atomic mass is 9.82. The second-order valence-corrected chi connectivity index (χ2v) is 7.78. The molecule has 1 heterocycles. The van der Waals surface area contributed by atoms with E-state index >= 15 is 0 Å². The largest absolute Gasteiger partial charge is 0.550 e. The number of carboxylic acid groups (broad SMARTS) is 1. The van der Waals surface area contributed by atoms with Crippen LogP contribution in [0.15, 0.2) is 41.8 Å². The molecule has 0 unspecified atom stereocenters. The van der Waals surface area contributed by atoms with Crippen LogP contribution in [0.4, 0.5) is 5.00 Å². The summed E-state index contributed by atoms with van der Waals surface area (Å²) >= 11 is 1.22. The van der Waals surface area contributed by atoms with Gasteiger partial charge in [-0.25, -0.2) is 4.79 Å². The predicted octanol–water partition coefficient (Wildman–Crippen LogP) is 3.17. The number of aliphatic carboxylic acids is 1. The molecule has 0 bridgehead atoms. The average molecular weight is 412 g/mol. The molecule has 2 aromatic rings. The Balaban J connectivity index is 1.93. The highest BCUT2D eigenvalue weighted by Crippen LogP contribution is 2.37. The Kier molecular flexibility index (Phi) is 6.49. The topological polar surface area (TPSA) is 95.5 Å². The van der Waals surface area contributed by atoms with Gasteiger partial charge in [-0.15, -0.1) is 11.3 Å². The van der Waals surface area contributed by atoms with Gasteiger partial charge in [-0.05, 0) is 32.3 Å². The number of esters is 1. The first-order chi connectivity index (χ1) is 13.9. The third-order valence-corrected chi connectivity index (χ3v) is 5.84. The fourth-order valence-corrected chi connectivity index (χ4v) is 4.33. The van der Waals surface area contributed by atoms with Crippen molar-refractivity contribution >= 4 is 34.2 Å². The second-order valence-electron chi connectivity index (χ2n) is 6.90. The van der Waals surface area contributed by atoms with Gasteiger partial charge in [-0.1, -0.05) is 42.0 Å². The summed E-state index contributed by atoms with van der Waals surface area (Å²) in [5.41, 5.74) is 2.88. The van der Waals surface area contributed by atoms with Crippen molar-refractivity contribution in [3.05, 3.63) is 52.9 Å². The molecule has 6 nitrogen and oxygen atoms in total. The van der Waals surface area contributed by atoms with Crippen molar-refractivity contribution < 1.29 is 24.2 Å². The van der Waals surface area contributed by atoms with Gasteiger partial charge in [0.05, 0.1) is 12.5 Å². The Labute approximate surface area is 173 Å². The molecule has 1 amide bonds. The minimum absolute atomic E-state index is 0.204. The van der Waals surface area contributed by atoms with Crippen molar-refractivity contribution in [1.29, 1.82) is 0 Å². The summed E-state index contributed by atoms with van der Waals surface area (Å²) in [7, 11) is 0. The molecule has 7 heteroatoms. The third-order valence-electron chi connectivity index (χ3n) is 4.94. The zero-order valence-corrected chi connectivity index (χ0v) is 17.1. The summed E-state index contributed by atoms with van der Waals surface area (Å²) < 4.78 is 5.20. The van der Waals surface area contributed by atoms with Crippen molar-refractivity contribution in [3.63, 3.8) is 0 Å². The van der Waals surface area contributed by atoms with Gasteiger partial charge in [0.25, 0.3) is 0 Å². The summed E-state index contributed by atoms with van der Waals surface area (Å²) in [4.78, 5) is 36.9. The smallest absolute Gasteiger partial charge is 0.341 e. The van der Waals surface area contributed by atoms with Crippen molar-refractivity contribution in [1.82, 2.24) is 0 Å². The van der Waals surface area contributed by atoms with Gasteiger partial charge in [-0.3, -0.25) is 4.79 Å². The number of hydrogen-bond acceptors (Lipinski definition) is 6. The number of carboxylic acids is 1. The number of amides is 1. The van der Waals surface area contributed by atoms with Crippen LogP contribution in [0.3, 0.4) is 0 Å². The zero-order chi connectivity index (χ0) is 21.0. The molecule has 0 aliphatic heterocycles. The lowest BCUT2D eigenvalue weighted by Gasteiger charge is -2.28. The highest BCUT2D eigenvalue weighted by Gasteiger charge is 2.31. The fraction of sp³-hybridized carbons (Fsp3) is 0.318. The number of carbonyl (C=O) groups excluding carboxylic acids is 3. The van der Waals surface area contributed by atoms with Crippen LogP contribution in [0.2, 0.25) is 0 Å². The maximum atomic E-state index is 12.8. The molecule has 1 aliphatic rings. The molecule has 1 N–H and O–H groups in total. The molecule has 0 fully saturated rings. The first kappa shape index (κ1) is 20.8. The number of allylic oxidation sites excluding steroid dienone is 2. The fourth-order valence-electron chi connectivity index (χ4n) is 3.37. The van der Waals surface area contributed by atoms with Crippen LogP contribution in [-0.4, -0.2) is 24.5 Å². The molecule has 1 aromatic heterocycles. The van der Waals surface area contributed by atoms with E-state index in [2.05, 4.69) is 5.32 Å². The number of hydrogen-bond donors (Lipinski definition) is 1. The molecule has 3 rings (SSSR count). The monoisotopic (exact) mass is 412 g/mol. The van der Waals surface area contributed by atoms with Crippen LogP contribution in [0.5, 0.6) is 0 Å². The van der Waals surface area contributed by atoms with Gasteiger partial charge >= 0.3 is 5.97 Å². The van der Waals surface area contributed by atoms with Gasteiger partial charge in [0, 0.05) is 22.8 Å². The van der Waals surface area contributed by atoms with Gasteiger partial charge in [0.15, 0.2) is 0 Å². The van der Waals surface area contributed by atoms with E-state index in [-0.39, 0.29) is 18.6 Å². The molecular weight excluding hydrogens is 390 g/mol. The minimum Gasteiger partial charge on any atom is -0.550 e. The van der Waals surface area contributed by atoms with Crippen LogP contribution in [-0.2, 0) is 14.3 Å². The Morgan fingerprint density at radius 3 is 2.41 bits per heavy atom. The molecular formula is C22H22NO5S-. The van der Waals surface area contributed by atoms with Gasteiger partial charge < -0.3 is 20.0 Å². The quantitative estimate of drug-likeness (QED) is 0.581. The number of nitrogens with one attached hydrogen (secondary N) is 1. The van der Waals surface area contributed by atoms with E-state index in [9.17, 15) is 19.5 Å². The van der Waals surface area contributed by atoms with Gasteiger partial charge in [-0.2, -0.15) is 0 Å². The molecule has 1 aliphatic carbocycles. The first-order valence-electron chi connectivity index (χ1n) is 9.44. The van der Waals surface area contributed by atoms with E-state index in [0.29, 0.717) is 17.0 Å². The summed E-state index contributed by atoms with van der Waals surface area (Å²) in [5, 5.41) is 16.3. The predicted molar refractivity (Wildman–Crippen MR) is 109 cm³/mol. The van der Waals surface area contributed by atoms with Crippen LogP contribution < -0.4 is 10.4 Å². The Bertz CT molecular complexity index is 945. The van der Waals surface area contributed by atoms with E-state index in [1.807, 2.05) is 31.2 Å². The van der Waals surface area contributed by atoms with Gasteiger partial charge in [0.2, 0.25) is 5.91 Å². The number of aryl methyl sites for hydroxylation is 1. The molecule has 0 saturated carbocycles. The van der Waals surface area contributed by atoms with E-state index < -0.39 is 29.7 Å². The van der Waals surface area contributed by atoms with Crippen molar-refractivity contribution in [2.24, 2.45) is 11.8 Å². The second kappa shape index (κ2) is 9.05. The summed E-state index contributed by atoms with van der Waals surface area (Å²) in [6.07, 6.45) is 4.11. The Morgan fingerprint density at radius 2 is 1.79 bits per heavy atom. The van der Waals surface area contributed by atoms with Crippen molar-refractivity contribution in [2.75, 3.05) is 11.9 Å². The number of thiophene rings is 1. The summed E-state index contributed by atoms with van der Waals surface area (Å²) in [6.45, 7) is 3.89. The average Bonchev–Trinajstić information content (AvgIpc) is 3.12. The van der Waals surface area contributed by atoms with Crippen LogP contribution in [0, 0.1) is 18.8 Å². The lowest BCUT2D eigenvalue weighted by Crippen LogP contribution is -2.41. The molecule has 152 valence electrons. The van der Waals surface area contributed by atoms with E-state index in [4.69, 9.17) is 4.74 Å². The molecule has 2 atom stereocenters. The molecule has 1 aromatic carbocycles. The minimum atomic E-state index is -1.24. The number of anilines is 1. The van der Waals surface area contributed by atoms with E-state index in [1.165, 1.54) is 11.3 Å². The Hall–Kier alpha value is -2.93. The van der Waals surface area contributed by atoms with E-state index in [1.54, 1.807) is 24.5 Å². The first-order valence-corrected chi connectivity index (χ1v) is 10.3. The standard InChI is InChI=1S/C22H23NO5S/c1-3-28-22(27)18-17(14-10-8-13(2)9-11-14)12-29-20(18)23-19(24)15-6-4-5-7-16(15)21(25)26/h4-5,8-12,15-16H,3,6-7H2,1-2H3,(H,23,24)(H,25,26)/p-1/t15-,16-/m0/s1. The highest BCUT2D eigenvalue weighted by molar-refractivity contribution is 7.15. The lowest BCUT2D eigenvalue weighted by molar-refractivity contribution is -0.313. The highest BCUT2D eigenvalue weighted by atomic mass is 32.1. The van der Waals surface area contributed by atoms with Crippen LogP contribution >= 0.6 is 11.3 Å². The number of rotatable bonds is 6. The van der Waals surface area contributed by atoms with Crippen LogP contribution in [0.25, 0.3) is 11.1 Å². The van der Waals surface area contributed by atoms with Crippen molar-refractivity contribution in [3.8, 4) is 11.1 Å². The number of ether oxygens (including phenoxy) is 1. The maximum Gasteiger partial charge on any atom is 0.341 e. The summed E-state index contributed by atoms with van der Waals surface area (Å²) in [5.74, 6) is -3.84. The molecule has 0 saturated heterocycles. The normalized spacial score (nSPS) is 18.3. The maximum absolute atomic E-state index is 12.8. The van der Waals surface area contributed by atoms with Crippen molar-refractivity contribution in [2.45, 2.75) is 26.7 Å². The number of benzene rings is 1. The number of carbonyl (C=O) groups is 3. The van der Waals surface area contributed by atoms with Gasteiger partial charge in [0.1, 0.15) is 10.6 Å². The SMILES string of the molecule is CCOC(=O)c1c(-c2ccc(C)cc2)csc1NC(=O)[C@H]1CC=CC[C@@H]1C(=O)[O-]. The zero-order valence-electron chi connectivity index (χ0n) is 16.3. The van der Waals surface area contributed by atoms with Crippen LogP contribution in [0.1, 0.15) is 35.7 Å². The molecule has 29 heavy (non-hydrogen) atoms. The molecule has 0 radical (unpaired) electrons. The third kappa shape index (κ3) is 4.56.